The number of aliphatic hydroxyl groups excluding tert-OH is 1. The number of carbonyl (C=O) groups excluding carboxylic acids is 2. The average Bonchev–Trinajstić information content (AvgIpc) is 3.49. The number of carbonyl (C=O) groups is 2. The number of amides is 1. The number of benzene rings is 5. The number of hydrogen-bond donors (Lipinski definition) is 1. The molecule has 0 aliphatic carbocycles. The Kier molecular flexibility index (Phi) is 12.2. The highest BCUT2D eigenvalue weighted by atomic mass is 28.4. The summed E-state index contributed by atoms with van der Waals surface area (Å²) in [6, 6.07) is 46.4. The zero-order valence-electron chi connectivity index (χ0n) is 30.4. The summed E-state index contributed by atoms with van der Waals surface area (Å²) in [5.41, 5.74) is 2.05. The molecule has 4 atom stereocenters. The Morgan fingerprint density at radius 1 is 0.642 bits per heavy atom. The molecule has 9 heteroatoms. The van der Waals surface area contributed by atoms with E-state index in [0.717, 1.165) is 21.5 Å². The van der Waals surface area contributed by atoms with E-state index in [9.17, 15) is 14.7 Å². The van der Waals surface area contributed by atoms with Crippen LogP contribution >= 0.6 is 0 Å². The Bertz CT molecular complexity index is 1850. The van der Waals surface area contributed by atoms with Gasteiger partial charge in [0, 0.05) is 0 Å². The first-order chi connectivity index (χ1) is 25.7. The van der Waals surface area contributed by atoms with Gasteiger partial charge in [-0.05, 0) is 38.7 Å². The topological polar surface area (TPSA) is 94.5 Å². The van der Waals surface area contributed by atoms with Crippen LogP contribution in [0.15, 0.2) is 152 Å². The molecule has 1 amide bonds. The summed E-state index contributed by atoms with van der Waals surface area (Å²) in [6.07, 6.45) is -2.61. The lowest BCUT2D eigenvalue weighted by atomic mass is 10.1. The fourth-order valence-electron chi connectivity index (χ4n) is 7.29. The molecule has 0 bridgehead atoms. The quantitative estimate of drug-likeness (QED) is 0.106. The fourth-order valence-corrected chi connectivity index (χ4v) is 11.9. The van der Waals surface area contributed by atoms with Gasteiger partial charge in [0.15, 0.2) is 6.10 Å². The molecule has 274 valence electrons. The Labute approximate surface area is 313 Å². The van der Waals surface area contributed by atoms with Crippen LogP contribution in [0, 0.1) is 0 Å². The molecule has 5 aromatic rings. The van der Waals surface area contributed by atoms with Crippen LogP contribution in [0.2, 0.25) is 5.04 Å². The fraction of sp³-hybridized carbons (Fsp3) is 0.273. The van der Waals surface area contributed by atoms with Crippen LogP contribution in [0.4, 0.5) is 4.79 Å². The maximum absolute atomic E-state index is 14.3. The minimum atomic E-state index is -3.11. The Balaban J connectivity index is 1.43. The summed E-state index contributed by atoms with van der Waals surface area (Å²) in [5, 5.41) is 12.8. The molecule has 8 nitrogen and oxygen atoms in total. The molecule has 0 radical (unpaired) electrons. The summed E-state index contributed by atoms with van der Waals surface area (Å²) in [5.74, 6) is -0.589. The third kappa shape index (κ3) is 8.45. The van der Waals surface area contributed by atoms with Gasteiger partial charge in [-0.15, -0.1) is 0 Å². The van der Waals surface area contributed by atoms with Crippen LogP contribution in [0.5, 0.6) is 0 Å². The van der Waals surface area contributed by atoms with Crippen molar-refractivity contribution in [3.63, 3.8) is 0 Å². The number of ether oxygens (including phenoxy) is 3. The van der Waals surface area contributed by atoms with Crippen molar-refractivity contribution < 1.29 is 33.3 Å². The van der Waals surface area contributed by atoms with Crippen molar-refractivity contribution in [1.29, 1.82) is 0 Å². The van der Waals surface area contributed by atoms with Gasteiger partial charge in [-0.1, -0.05) is 160 Å². The Hall–Kier alpha value is -5.06. The molecule has 53 heavy (non-hydrogen) atoms. The van der Waals surface area contributed by atoms with Gasteiger partial charge in [-0.2, -0.15) is 0 Å². The zero-order valence-corrected chi connectivity index (χ0v) is 31.4. The summed E-state index contributed by atoms with van der Waals surface area (Å²) in [6.45, 7) is 6.25. The predicted octanol–water partition coefficient (Wildman–Crippen LogP) is 6.76. The molecular weight excluding hydrogens is 683 g/mol. The van der Waals surface area contributed by atoms with Crippen molar-refractivity contribution in [1.82, 2.24) is 4.90 Å². The highest BCUT2D eigenvalue weighted by Crippen LogP contribution is 2.39. The van der Waals surface area contributed by atoms with E-state index in [4.69, 9.17) is 18.6 Å². The third-order valence-corrected chi connectivity index (χ3v) is 14.8. The Morgan fingerprint density at radius 3 is 1.60 bits per heavy atom. The number of esters is 1. The number of rotatable bonds is 13. The second-order valence-corrected chi connectivity index (χ2v) is 18.5. The van der Waals surface area contributed by atoms with Crippen LogP contribution in [0.1, 0.15) is 42.3 Å². The molecule has 0 spiro atoms. The lowest BCUT2D eigenvalue weighted by molar-refractivity contribution is -0.0604. The third-order valence-electron chi connectivity index (χ3n) is 9.83. The van der Waals surface area contributed by atoms with Gasteiger partial charge in [-0.25, -0.2) is 9.59 Å². The summed E-state index contributed by atoms with van der Waals surface area (Å²) < 4.78 is 26.2. The van der Waals surface area contributed by atoms with E-state index in [1.165, 1.54) is 4.90 Å². The molecule has 1 heterocycles. The highest BCUT2D eigenvalue weighted by molar-refractivity contribution is 6.99. The summed E-state index contributed by atoms with van der Waals surface area (Å²) in [4.78, 5) is 29.5. The smallest absolute Gasteiger partial charge is 0.410 e. The highest BCUT2D eigenvalue weighted by Gasteiger charge is 2.57. The molecule has 6 rings (SSSR count). The minimum absolute atomic E-state index is 0.0145. The van der Waals surface area contributed by atoms with E-state index < -0.39 is 51.3 Å². The molecule has 0 saturated carbocycles. The van der Waals surface area contributed by atoms with Crippen molar-refractivity contribution in [3.05, 3.63) is 168 Å². The number of hydrogen-bond acceptors (Lipinski definition) is 7. The van der Waals surface area contributed by atoms with Crippen LogP contribution in [-0.2, 0) is 31.9 Å². The molecule has 0 unspecified atom stereocenters. The van der Waals surface area contributed by atoms with Gasteiger partial charge in [0.1, 0.15) is 12.7 Å². The van der Waals surface area contributed by atoms with Crippen molar-refractivity contribution in [2.45, 2.75) is 63.3 Å². The normalized spacial score (nSPS) is 18.8. The first-order valence-corrected chi connectivity index (χ1v) is 19.9. The molecule has 1 saturated heterocycles. The lowest BCUT2D eigenvalue weighted by Gasteiger charge is -2.44. The minimum Gasteiger partial charge on any atom is -0.454 e. The van der Waals surface area contributed by atoms with Gasteiger partial charge in [0.2, 0.25) is 0 Å². The molecule has 1 aliphatic rings. The Morgan fingerprint density at radius 2 is 1.11 bits per heavy atom. The molecular formula is C44H47NO7Si. The molecule has 5 aromatic carbocycles. The van der Waals surface area contributed by atoms with Crippen LogP contribution in [-0.4, -0.2) is 67.9 Å². The van der Waals surface area contributed by atoms with Gasteiger partial charge in [0.25, 0.3) is 8.32 Å². The molecule has 1 aliphatic heterocycles. The largest absolute Gasteiger partial charge is 0.454 e. The predicted molar refractivity (Wildman–Crippen MR) is 207 cm³/mol. The maximum Gasteiger partial charge on any atom is 0.410 e. The second kappa shape index (κ2) is 17.2. The molecule has 1 fully saturated rings. The van der Waals surface area contributed by atoms with E-state index >= 15 is 0 Å². The van der Waals surface area contributed by atoms with E-state index in [-0.39, 0.29) is 24.9 Å². The second-order valence-electron chi connectivity index (χ2n) is 14.2. The van der Waals surface area contributed by atoms with Crippen molar-refractivity contribution in [2.75, 3.05) is 13.2 Å². The molecule has 0 aromatic heterocycles. The van der Waals surface area contributed by atoms with Gasteiger partial charge in [0.05, 0.1) is 37.5 Å². The SMILES string of the molecule is CC(C)(C)[Si](OC[C@H]1[C@@H](OCc2ccccc2)[C@H](OC(=O)c2ccccc2)[C@@H](CO)N1C(=O)OCc1ccccc1)(c1ccccc1)c1ccccc1. The maximum atomic E-state index is 14.3. The molecule has 1 N–H and O–H groups in total. The lowest BCUT2D eigenvalue weighted by Crippen LogP contribution is -2.67. The zero-order chi connectivity index (χ0) is 37.3. The monoisotopic (exact) mass is 729 g/mol. The van der Waals surface area contributed by atoms with Crippen LogP contribution in [0.3, 0.4) is 0 Å². The van der Waals surface area contributed by atoms with Crippen LogP contribution < -0.4 is 10.4 Å². The van der Waals surface area contributed by atoms with Crippen molar-refractivity contribution >= 4 is 30.8 Å². The van der Waals surface area contributed by atoms with E-state index in [1.807, 2.05) is 103 Å². The average molecular weight is 730 g/mol. The van der Waals surface area contributed by atoms with E-state index in [1.54, 1.807) is 24.3 Å². The number of likely N-dealkylation sites (tertiary alicyclic amines) is 1. The standard InChI is InChI=1S/C44H47NO7Si/c1-44(2,3)53(36-25-15-7-16-26-36,37-27-17-8-18-28-37)51-32-39-40(49-30-33-19-9-4-10-20-33)41(52-42(47)35-23-13-6-14-24-35)38(29-46)45(39)43(48)50-31-34-21-11-5-12-22-34/h4-28,38-41,46H,29-32H2,1-3H3/t38-,39+,40-,41-/m1/s1. The van der Waals surface area contributed by atoms with E-state index in [0.29, 0.717) is 5.56 Å². The number of aliphatic hydroxyl groups is 1. The first-order valence-electron chi connectivity index (χ1n) is 18.0. The van der Waals surface area contributed by atoms with Crippen molar-refractivity contribution in [3.8, 4) is 0 Å². The number of nitrogens with zero attached hydrogens (tertiary/aromatic N) is 1. The van der Waals surface area contributed by atoms with Gasteiger partial charge < -0.3 is 23.7 Å². The van der Waals surface area contributed by atoms with Crippen molar-refractivity contribution in [2.24, 2.45) is 0 Å². The first kappa shape index (κ1) is 37.7. The summed E-state index contributed by atoms with van der Waals surface area (Å²) in [7, 11) is -3.11. The summed E-state index contributed by atoms with van der Waals surface area (Å²) >= 11 is 0. The van der Waals surface area contributed by atoms with Gasteiger partial charge in [-0.3, -0.25) is 4.90 Å². The van der Waals surface area contributed by atoms with Crippen LogP contribution in [0.25, 0.3) is 0 Å². The van der Waals surface area contributed by atoms with Gasteiger partial charge >= 0.3 is 12.1 Å². The van der Waals surface area contributed by atoms with E-state index in [2.05, 4.69) is 45.0 Å².